The first-order chi connectivity index (χ1) is 12.0. The van der Waals surface area contributed by atoms with Gasteiger partial charge in [-0.15, -0.1) is 0 Å². The summed E-state index contributed by atoms with van der Waals surface area (Å²) >= 11 is 1.04. The number of aryl methyl sites for hydroxylation is 2. The highest BCUT2D eigenvalue weighted by Gasteiger charge is 2.17. The topological polar surface area (TPSA) is 78.2 Å². The molecular weight excluding hydrogens is 336 g/mol. The van der Waals surface area contributed by atoms with E-state index >= 15 is 0 Å². The lowest BCUT2D eigenvalue weighted by Gasteiger charge is -2.01. The number of benzene rings is 1. The normalized spacial score (nSPS) is 11.0. The van der Waals surface area contributed by atoms with E-state index in [1.807, 2.05) is 36.9 Å². The Balaban J connectivity index is 1.84. The van der Waals surface area contributed by atoms with Crippen LogP contribution >= 0.6 is 11.3 Å². The molecule has 1 amide bonds. The molecule has 0 aliphatic carbocycles. The fraction of sp³-hybridized carbons (Fsp3) is 0.111. The zero-order valence-electron chi connectivity index (χ0n) is 13.8. The van der Waals surface area contributed by atoms with E-state index in [9.17, 15) is 9.59 Å². The van der Waals surface area contributed by atoms with Crippen molar-refractivity contribution in [2.24, 2.45) is 5.10 Å². The Kier molecular flexibility index (Phi) is 4.85. The third kappa shape index (κ3) is 4.07. The second-order valence-electron chi connectivity index (χ2n) is 5.59. The minimum Gasteiger partial charge on any atom is -0.267 e. The van der Waals surface area contributed by atoms with Crippen LogP contribution in [0.4, 0.5) is 0 Å². The highest BCUT2D eigenvalue weighted by molar-refractivity contribution is 7.11. The Morgan fingerprint density at radius 2 is 1.88 bits per heavy atom. The van der Waals surface area contributed by atoms with Gasteiger partial charge in [-0.1, -0.05) is 18.2 Å². The maximum absolute atomic E-state index is 12.0. The second kappa shape index (κ2) is 7.23. The van der Waals surface area contributed by atoms with E-state index in [1.165, 1.54) is 6.21 Å². The van der Waals surface area contributed by atoms with Crippen molar-refractivity contribution in [2.75, 3.05) is 0 Å². The molecule has 0 atom stereocenters. The molecule has 25 heavy (non-hydrogen) atoms. The molecule has 7 heteroatoms. The fourth-order valence-electron chi connectivity index (χ4n) is 2.45. The smallest absolute Gasteiger partial charge is 0.267 e. The summed E-state index contributed by atoms with van der Waals surface area (Å²) in [6.45, 7) is 3.98. The summed E-state index contributed by atoms with van der Waals surface area (Å²) in [6.07, 6.45) is 5.32. The van der Waals surface area contributed by atoms with E-state index in [0.717, 1.165) is 22.5 Å². The summed E-state index contributed by atoms with van der Waals surface area (Å²) in [5.74, 6) is 0.319. The van der Waals surface area contributed by atoms with Crippen molar-refractivity contribution < 1.29 is 9.36 Å². The number of hydrogen-bond acceptors (Lipinski definition) is 4. The Bertz CT molecular complexity index is 970. The lowest BCUT2D eigenvalue weighted by Crippen LogP contribution is -2.33. The van der Waals surface area contributed by atoms with E-state index in [1.54, 1.807) is 24.3 Å². The number of nitrogens with one attached hydrogen (secondary N) is 2. The molecule has 0 spiro atoms. The number of aromatic nitrogens is 2. The molecule has 3 aromatic rings. The maximum atomic E-state index is 12.0. The van der Waals surface area contributed by atoms with Crippen LogP contribution < -0.4 is 14.9 Å². The van der Waals surface area contributed by atoms with Gasteiger partial charge in [-0.05, 0) is 54.5 Å². The predicted octanol–water partition coefficient (Wildman–Crippen LogP) is 2.09. The average Bonchev–Trinajstić information content (AvgIpc) is 2.95. The van der Waals surface area contributed by atoms with Crippen LogP contribution in [-0.2, 0) is 0 Å². The van der Waals surface area contributed by atoms with Gasteiger partial charge in [0.05, 0.1) is 18.6 Å². The van der Waals surface area contributed by atoms with Crippen LogP contribution in [0.25, 0.3) is 5.82 Å². The number of hydrazone groups is 1. The van der Waals surface area contributed by atoms with Crippen molar-refractivity contribution in [3.63, 3.8) is 0 Å². The van der Waals surface area contributed by atoms with Crippen LogP contribution in [0.3, 0.4) is 0 Å². The largest absolute Gasteiger partial charge is 0.390 e. The molecule has 2 heterocycles. The summed E-state index contributed by atoms with van der Waals surface area (Å²) in [7, 11) is 0. The summed E-state index contributed by atoms with van der Waals surface area (Å²) < 4.78 is 1.85. The van der Waals surface area contributed by atoms with Gasteiger partial charge < -0.3 is 0 Å². The number of H-pyrrole nitrogens is 1. The molecular formula is C18H17N4O2S+. The van der Waals surface area contributed by atoms with Crippen LogP contribution in [0.5, 0.6) is 0 Å². The second-order valence-corrected chi connectivity index (χ2v) is 6.61. The average molecular weight is 353 g/mol. The van der Waals surface area contributed by atoms with E-state index in [-0.39, 0.29) is 10.8 Å². The van der Waals surface area contributed by atoms with Gasteiger partial charge in [-0.25, -0.2) is 14.8 Å². The van der Waals surface area contributed by atoms with Gasteiger partial charge in [0.15, 0.2) is 0 Å². The number of carbonyl (C=O) groups is 1. The molecule has 0 fully saturated rings. The number of aromatic amines is 1. The van der Waals surface area contributed by atoms with Crippen molar-refractivity contribution in [2.45, 2.75) is 13.8 Å². The van der Waals surface area contributed by atoms with Crippen molar-refractivity contribution >= 4 is 23.5 Å². The summed E-state index contributed by atoms with van der Waals surface area (Å²) in [5, 5.41) is 3.98. The minimum atomic E-state index is -0.305. The van der Waals surface area contributed by atoms with Crippen molar-refractivity contribution in [1.29, 1.82) is 0 Å². The third-order valence-electron chi connectivity index (χ3n) is 3.44. The molecule has 0 bridgehead atoms. The predicted molar refractivity (Wildman–Crippen MR) is 97.4 cm³/mol. The van der Waals surface area contributed by atoms with E-state index in [0.29, 0.717) is 16.3 Å². The van der Waals surface area contributed by atoms with Gasteiger partial charge >= 0.3 is 10.7 Å². The molecule has 0 saturated heterocycles. The van der Waals surface area contributed by atoms with Crippen LogP contribution in [0.2, 0.25) is 0 Å². The molecule has 2 aromatic heterocycles. The molecule has 6 nitrogen and oxygen atoms in total. The first-order valence-corrected chi connectivity index (χ1v) is 8.46. The van der Waals surface area contributed by atoms with Gasteiger partial charge in [0.25, 0.3) is 5.91 Å². The Labute approximate surface area is 148 Å². The van der Waals surface area contributed by atoms with Crippen LogP contribution in [-0.4, -0.2) is 17.1 Å². The molecule has 0 saturated carbocycles. The highest BCUT2D eigenvalue weighted by atomic mass is 32.1. The molecule has 0 radical (unpaired) electrons. The zero-order chi connectivity index (χ0) is 17.8. The van der Waals surface area contributed by atoms with Gasteiger partial charge in [0.1, 0.15) is 4.88 Å². The van der Waals surface area contributed by atoms with Crippen LogP contribution in [0.15, 0.2) is 58.7 Å². The maximum Gasteiger partial charge on any atom is 0.390 e. The monoisotopic (exact) mass is 353 g/mol. The number of carbonyl (C=O) groups excluding carboxylic acids is 1. The number of nitrogens with zero attached hydrogens (tertiary/aromatic N) is 2. The lowest BCUT2D eigenvalue weighted by molar-refractivity contribution is -0.600. The van der Waals surface area contributed by atoms with Crippen LogP contribution in [0, 0.1) is 13.8 Å². The van der Waals surface area contributed by atoms with Gasteiger partial charge in [-0.2, -0.15) is 10.1 Å². The third-order valence-corrected chi connectivity index (χ3v) is 4.25. The van der Waals surface area contributed by atoms with E-state index in [2.05, 4.69) is 21.6 Å². The van der Waals surface area contributed by atoms with Gasteiger partial charge in [0.2, 0.25) is 0 Å². The Morgan fingerprint density at radius 1 is 1.20 bits per heavy atom. The Hall–Kier alpha value is -3.06. The number of amides is 1. The standard InChI is InChI=1S/C18H16N4O2S/c1-12-8-13(2)11-22(10-12)16-15(25-18(24)20-16)9-19-21-17(23)14-6-4-3-5-7-14/h3-11H,1-2H3,(H-,19,20,21,23,24)/p+1. The number of hydrogen-bond donors (Lipinski definition) is 2. The molecule has 0 unspecified atom stereocenters. The van der Waals surface area contributed by atoms with Gasteiger partial charge in [0, 0.05) is 5.56 Å². The van der Waals surface area contributed by atoms with Crippen LogP contribution in [0.1, 0.15) is 26.4 Å². The van der Waals surface area contributed by atoms with Crippen molar-refractivity contribution in [3.05, 3.63) is 80.0 Å². The van der Waals surface area contributed by atoms with E-state index < -0.39 is 0 Å². The summed E-state index contributed by atoms with van der Waals surface area (Å²) in [6, 6.07) is 10.9. The summed E-state index contributed by atoms with van der Waals surface area (Å²) in [4.78, 5) is 27.0. The highest BCUT2D eigenvalue weighted by Crippen LogP contribution is 2.08. The molecule has 0 aliphatic rings. The number of thiazole rings is 1. The van der Waals surface area contributed by atoms with Gasteiger partial charge in [-0.3, -0.25) is 4.79 Å². The fourth-order valence-corrected chi connectivity index (χ4v) is 3.16. The molecule has 126 valence electrons. The molecule has 1 aromatic carbocycles. The molecule has 3 rings (SSSR count). The zero-order valence-corrected chi connectivity index (χ0v) is 14.6. The van der Waals surface area contributed by atoms with E-state index in [4.69, 9.17) is 0 Å². The van der Waals surface area contributed by atoms with Crippen molar-refractivity contribution in [1.82, 2.24) is 10.4 Å². The lowest BCUT2D eigenvalue weighted by atomic mass is 10.2. The quantitative estimate of drug-likeness (QED) is 0.428. The minimum absolute atomic E-state index is 0.183. The first-order valence-electron chi connectivity index (χ1n) is 7.64. The molecule has 2 N–H and O–H groups in total. The molecule has 0 aliphatic heterocycles. The number of rotatable bonds is 4. The van der Waals surface area contributed by atoms with Crippen molar-refractivity contribution in [3.8, 4) is 5.82 Å². The first kappa shape index (κ1) is 16.8. The number of pyridine rings is 1. The summed E-state index contributed by atoms with van der Waals surface area (Å²) in [5.41, 5.74) is 5.14. The SMILES string of the molecule is Cc1cc(C)c[n+](-c2[nH]c(=O)sc2/C=N/NC(=O)c2ccccc2)c1. The Morgan fingerprint density at radius 3 is 2.56 bits per heavy atom.